The van der Waals surface area contributed by atoms with E-state index in [0.29, 0.717) is 24.8 Å². The molecule has 3 aromatic rings. The van der Waals surface area contributed by atoms with E-state index in [4.69, 9.17) is 32.4 Å². The molecule has 124 valence electrons. The van der Waals surface area contributed by atoms with Crippen molar-refractivity contribution in [1.82, 2.24) is 4.98 Å². The van der Waals surface area contributed by atoms with Crippen LogP contribution in [-0.4, -0.2) is 22.8 Å². The van der Waals surface area contributed by atoms with Gasteiger partial charge < -0.3 is 9.15 Å². The smallest absolute Gasteiger partial charge is 0.220 e. The van der Waals surface area contributed by atoms with Gasteiger partial charge in [-0.1, -0.05) is 30.3 Å². The monoisotopic (exact) mass is 361 g/mol. The Morgan fingerprint density at radius 1 is 1.08 bits per heavy atom. The molecule has 5 heteroatoms. The van der Waals surface area contributed by atoms with Gasteiger partial charge in [0.15, 0.2) is 5.58 Å². The number of benzene rings is 2. The van der Waals surface area contributed by atoms with Crippen LogP contribution in [0, 0.1) is 0 Å². The number of aromatic nitrogens is 1. The Morgan fingerprint density at radius 3 is 2.71 bits per heavy atom. The standard InChI is InChI=1S/C19H17Cl2NO2/c20-13-15(21)11-12-23-17-7-3-1-5-14(17)9-10-19-22-16-6-2-4-8-18(16)24-19/h1-10,15H,11-13H2/b10-9+. The molecule has 0 spiro atoms. The van der Waals surface area contributed by atoms with E-state index < -0.39 is 0 Å². The lowest BCUT2D eigenvalue weighted by Crippen LogP contribution is -2.08. The molecule has 0 aliphatic heterocycles. The second kappa shape index (κ2) is 8.22. The van der Waals surface area contributed by atoms with Crippen LogP contribution < -0.4 is 4.74 Å². The molecule has 0 saturated carbocycles. The van der Waals surface area contributed by atoms with E-state index in [-0.39, 0.29) is 5.38 Å². The molecular weight excluding hydrogens is 345 g/mol. The number of para-hydroxylation sites is 3. The topological polar surface area (TPSA) is 35.3 Å². The Bertz CT molecular complexity index is 796. The number of alkyl halides is 2. The van der Waals surface area contributed by atoms with Crippen LogP contribution in [0.15, 0.2) is 52.9 Å². The number of hydrogen-bond donors (Lipinski definition) is 0. The summed E-state index contributed by atoms with van der Waals surface area (Å²) < 4.78 is 11.5. The molecule has 0 saturated heterocycles. The molecule has 0 fully saturated rings. The van der Waals surface area contributed by atoms with Crippen LogP contribution in [0.2, 0.25) is 0 Å². The molecule has 0 bridgehead atoms. The first-order valence-electron chi connectivity index (χ1n) is 7.72. The molecule has 0 radical (unpaired) electrons. The number of nitrogens with zero attached hydrogens (tertiary/aromatic N) is 1. The van der Waals surface area contributed by atoms with E-state index in [1.807, 2.05) is 60.7 Å². The van der Waals surface area contributed by atoms with Gasteiger partial charge in [0.25, 0.3) is 0 Å². The van der Waals surface area contributed by atoms with Gasteiger partial charge in [0.2, 0.25) is 5.89 Å². The second-order valence-electron chi connectivity index (χ2n) is 5.28. The Balaban J connectivity index is 1.72. The summed E-state index contributed by atoms with van der Waals surface area (Å²) in [7, 11) is 0. The summed E-state index contributed by atoms with van der Waals surface area (Å²) in [6.45, 7) is 0.522. The summed E-state index contributed by atoms with van der Waals surface area (Å²) in [5.41, 5.74) is 2.57. The lowest BCUT2D eigenvalue weighted by molar-refractivity contribution is 0.310. The number of ether oxygens (including phenoxy) is 1. The molecule has 1 atom stereocenters. The fourth-order valence-corrected chi connectivity index (χ4v) is 2.49. The molecule has 24 heavy (non-hydrogen) atoms. The van der Waals surface area contributed by atoms with Crippen molar-refractivity contribution in [2.75, 3.05) is 12.5 Å². The maximum Gasteiger partial charge on any atom is 0.220 e. The first-order valence-corrected chi connectivity index (χ1v) is 8.69. The average molecular weight is 362 g/mol. The van der Waals surface area contributed by atoms with Crippen LogP contribution in [0.5, 0.6) is 5.75 Å². The summed E-state index contributed by atoms with van der Waals surface area (Å²) >= 11 is 11.7. The number of hydrogen-bond acceptors (Lipinski definition) is 3. The van der Waals surface area contributed by atoms with E-state index in [9.17, 15) is 0 Å². The van der Waals surface area contributed by atoms with Crippen LogP contribution in [0.1, 0.15) is 17.9 Å². The molecule has 1 heterocycles. The van der Waals surface area contributed by atoms with E-state index in [2.05, 4.69) is 4.98 Å². The first-order chi connectivity index (χ1) is 11.8. The zero-order valence-electron chi connectivity index (χ0n) is 13.0. The Morgan fingerprint density at radius 2 is 1.88 bits per heavy atom. The molecule has 3 rings (SSSR count). The molecule has 0 aliphatic carbocycles. The van der Waals surface area contributed by atoms with E-state index in [0.717, 1.165) is 22.4 Å². The van der Waals surface area contributed by atoms with Crippen molar-refractivity contribution in [3.05, 3.63) is 60.0 Å². The molecule has 3 nitrogen and oxygen atoms in total. The summed E-state index contributed by atoms with van der Waals surface area (Å²) in [4.78, 5) is 4.43. The van der Waals surface area contributed by atoms with Gasteiger partial charge in [-0.3, -0.25) is 0 Å². The molecule has 2 aromatic carbocycles. The van der Waals surface area contributed by atoms with Crippen molar-refractivity contribution >= 4 is 46.5 Å². The van der Waals surface area contributed by atoms with Gasteiger partial charge in [-0.25, -0.2) is 4.98 Å². The number of rotatable bonds is 7. The molecule has 0 N–H and O–H groups in total. The molecule has 0 aliphatic rings. The quantitative estimate of drug-likeness (QED) is 0.512. The Kier molecular flexibility index (Phi) is 5.78. The largest absolute Gasteiger partial charge is 0.493 e. The average Bonchev–Trinajstić information content (AvgIpc) is 3.03. The van der Waals surface area contributed by atoms with Gasteiger partial charge in [0.05, 0.1) is 12.0 Å². The zero-order valence-corrected chi connectivity index (χ0v) is 14.5. The van der Waals surface area contributed by atoms with E-state index in [1.54, 1.807) is 0 Å². The zero-order chi connectivity index (χ0) is 16.8. The van der Waals surface area contributed by atoms with Gasteiger partial charge >= 0.3 is 0 Å². The van der Waals surface area contributed by atoms with Crippen molar-refractivity contribution < 1.29 is 9.15 Å². The van der Waals surface area contributed by atoms with Gasteiger partial charge in [-0.05, 0) is 30.7 Å². The normalized spacial score (nSPS) is 12.8. The van der Waals surface area contributed by atoms with E-state index >= 15 is 0 Å². The van der Waals surface area contributed by atoms with Crippen LogP contribution >= 0.6 is 23.2 Å². The lowest BCUT2D eigenvalue weighted by atomic mass is 10.2. The number of halogens is 2. The third-order valence-corrected chi connectivity index (χ3v) is 4.39. The number of fused-ring (bicyclic) bond motifs is 1. The van der Waals surface area contributed by atoms with Gasteiger partial charge in [0.1, 0.15) is 11.3 Å². The minimum Gasteiger partial charge on any atom is -0.493 e. The van der Waals surface area contributed by atoms with Gasteiger partial charge in [0, 0.05) is 17.5 Å². The van der Waals surface area contributed by atoms with Crippen LogP contribution in [0.3, 0.4) is 0 Å². The SMILES string of the molecule is ClCC(Cl)CCOc1ccccc1/C=C/c1nc2ccccc2o1. The molecule has 0 amide bonds. The van der Waals surface area contributed by atoms with Crippen molar-refractivity contribution in [3.8, 4) is 5.75 Å². The minimum absolute atomic E-state index is 0.0749. The summed E-state index contributed by atoms with van der Waals surface area (Å²) in [5, 5.41) is -0.0749. The van der Waals surface area contributed by atoms with E-state index in [1.165, 1.54) is 0 Å². The maximum absolute atomic E-state index is 6.00. The second-order valence-corrected chi connectivity index (χ2v) is 6.21. The molecular formula is C19H17Cl2NO2. The maximum atomic E-state index is 6.00. The van der Waals surface area contributed by atoms with Crippen molar-refractivity contribution in [2.24, 2.45) is 0 Å². The fraction of sp³-hybridized carbons (Fsp3) is 0.211. The minimum atomic E-state index is -0.0749. The fourth-order valence-electron chi connectivity index (χ4n) is 2.25. The summed E-state index contributed by atoms with van der Waals surface area (Å²) in [6.07, 6.45) is 4.47. The van der Waals surface area contributed by atoms with Crippen LogP contribution in [0.25, 0.3) is 23.3 Å². The molecule has 1 aromatic heterocycles. The Hall–Kier alpha value is -1.97. The van der Waals surface area contributed by atoms with Crippen LogP contribution in [-0.2, 0) is 0 Å². The van der Waals surface area contributed by atoms with Crippen molar-refractivity contribution in [1.29, 1.82) is 0 Å². The highest BCUT2D eigenvalue weighted by Crippen LogP contribution is 2.22. The predicted octanol–water partition coefficient (Wildman–Crippen LogP) is 5.61. The van der Waals surface area contributed by atoms with Crippen LogP contribution in [0.4, 0.5) is 0 Å². The highest BCUT2D eigenvalue weighted by atomic mass is 35.5. The Labute approximate surface area is 150 Å². The predicted molar refractivity (Wildman–Crippen MR) is 99.9 cm³/mol. The molecule has 1 unspecified atom stereocenters. The lowest BCUT2D eigenvalue weighted by Gasteiger charge is -2.10. The third-order valence-electron chi connectivity index (χ3n) is 3.49. The summed E-state index contributed by atoms with van der Waals surface area (Å²) in [6, 6.07) is 15.5. The van der Waals surface area contributed by atoms with Crippen molar-refractivity contribution in [3.63, 3.8) is 0 Å². The first kappa shape index (κ1) is 16.9. The van der Waals surface area contributed by atoms with Gasteiger partial charge in [-0.2, -0.15) is 0 Å². The third kappa shape index (κ3) is 4.31. The van der Waals surface area contributed by atoms with Crippen molar-refractivity contribution in [2.45, 2.75) is 11.8 Å². The summed E-state index contributed by atoms with van der Waals surface area (Å²) in [5.74, 6) is 1.78. The van der Waals surface area contributed by atoms with Gasteiger partial charge in [-0.15, -0.1) is 23.2 Å². The number of oxazole rings is 1. The highest BCUT2D eigenvalue weighted by Gasteiger charge is 2.05. The highest BCUT2D eigenvalue weighted by molar-refractivity contribution is 6.28.